The number of benzene rings is 1. The van der Waals surface area contributed by atoms with Gasteiger partial charge in [-0.15, -0.1) is 0 Å². The first-order chi connectivity index (χ1) is 11.6. The molecule has 0 unspecified atom stereocenters. The van der Waals surface area contributed by atoms with Crippen molar-refractivity contribution in [3.8, 4) is 5.75 Å². The Kier molecular flexibility index (Phi) is 5.04. The summed E-state index contributed by atoms with van der Waals surface area (Å²) in [4.78, 5) is 18.8. The zero-order valence-corrected chi connectivity index (χ0v) is 14.5. The molecule has 0 spiro atoms. The third kappa shape index (κ3) is 3.70. The van der Waals surface area contributed by atoms with Gasteiger partial charge in [0.2, 0.25) is 11.8 Å². The van der Waals surface area contributed by atoms with Crippen LogP contribution in [-0.2, 0) is 11.2 Å². The van der Waals surface area contributed by atoms with E-state index in [2.05, 4.69) is 10.1 Å². The van der Waals surface area contributed by atoms with Crippen LogP contribution in [0.1, 0.15) is 36.0 Å². The molecule has 0 saturated carbocycles. The lowest BCUT2D eigenvalue weighted by molar-refractivity contribution is -0.131. The van der Waals surface area contributed by atoms with Crippen LogP contribution in [-0.4, -0.2) is 41.1 Å². The first kappa shape index (κ1) is 16.8. The van der Waals surface area contributed by atoms with Crippen LogP contribution in [0.2, 0.25) is 5.02 Å². The van der Waals surface area contributed by atoms with Crippen LogP contribution in [0, 0.1) is 6.92 Å². The van der Waals surface area contributed by atoms with Crippen LogP contribution in [0.3, 0.4) is 0 Å². The first-order valence-corrected chi connectivity index (χ1v) is 8.35. The SMILES string of the molecule is COc1ccc(Cl)cc1CC(=O)N1CCC[C@H](c2nc(C)no2)C1. The Hall–Kier alpha value is -2.08. The number of likely N-dealkylation sites (tertiary alicyclic amines) is 1. The summed E-state index contributed by atoms with van der Waals surface area (Å²) in [5.74, 6) is 2.07. The molecule has 0 bridgehead atoms. The highest BCUT2D eigenvalue weighted by Crippen LogP contribution is 2.28. The van der Waals surface area contributed by atoms with Crippen LogP contribution in [0.25, 0.3) is 0 Å². The van der Waals surface area contributed by atoms with Gasteiger partial charge in [-0.1, -0.05) is 16.8 Å². The van der Waals surface area contributed by atoms with Crippen molar-refractivity contribution in [3.05, 3.63) is 40.5 Å². The monoisotopic (exact) mass is 349 g/mol. The smallest absolute Gasteiger partial charge is 0.231 e. The van der Waals surface area contributed by atoms with Crippen molar-refractivity contribution in [1.82, 2.24) is 15.0 Å². The summed E-state index contributed by atoms with van der Waals surface area (Å²) < 4.78 is 10.6. The highest BCUT2D eigenvalue weighted by atomic mass is 35.5. The Labute approximate surface area is 145 Å². The van der Waals surface area contributed by atoms with Crippen molar-refractivity contribution in [2.24, 2.45) is 0 Å². The Morgan fingerprint density at radius 1 is 1.50 bits per heavy atom. The summed E-state index contributed by atoms with van der Waals surface area (Å²) in [6, 6.07) is 5.31. The van der Waals surface area contributed by atoms with Gasteiger partial charge in [-0.05, 0) is 38.0 Å². The number of hydrogen-bond donors (Lipinski definition) is 0. The number of piperidine rings is 1. The number of carbonyl (C=O) groups excluding carboxylic acids is 1. The molecule has 128 valence electrons. The third-order valence-corrected chi connectivity index (χ3v) is 4.49. The van der Waals surface area contributed by atoms with Crippen molar-refractivity contribution in [1.29, 1.82) is 0 Å². The normalized spacial score (nSPS) is 17.8. The number of hydrogen-bond acceptors (Lipinski definition) is 5. The molecule has 1 aromatic heterocycles. The Balaban J connectivity index is 1.70. The molecule has 7 heteroatoms. The fourth-order valence-electron chi connectivity index (χ4n) is 3.04. The minimum atomic E-state index is 0.0523. The van der Waals surface area contributed by atoms with Gasteiger partial charge in [0.1, 0.15) is 5.75 Å². The second kappa shape index (κ2) is 7.21. The van der Waals surface area contributed by atoms with E-state index >= 15 is 0 Å². The Bertz CT molecular complexity index is 732. The van der Waals surface area contributed by atoms with Crippen molar-refractivity contribution in [2.45, 2.75) is 32.1 Å². The molecule has 0 radical (unpaired) electrons. The number of aromatic nitrogens is 2. The molecule has 1 saturated heterocycles. The molecule has 1 aliphatic rings. The van der Waals surface area contributed by atoms with Crippen LogP contribution in [0.5, 0.6) is 5.75 Å². The molecule has 0 N–H and O–H groups in total. The largest absolute Gasteiger partial charge is 0.496 e. The summed E-state index contributed by atoms with van der Waals surface area (Å²) in [6.07, 6.45) is 2.13. The van der Waals surface area contributed by atoms with Gasteiger partial charge in [-0.3, -0.25) is 4.79 Å². The molecule has 6 nitrogen and oxygen atoms in total. The third-order valence-electron chi connectivity index (χ3n) is 4.25. The van der Waals surface area contributed by atoms with E-state index in [1.807, 2.05) is 4.90 Å². The minimum Gasteiger partial charge on any atom is -0.496 e. The van der Waals surface area contributed by atoms with Gasteiger partial charge >= 0.3 is 0 Å². The van der Waals surface area contributed by atoms with Gasteiger partial charge in [0.05, 0.1) is 19.4 Å². The second-order valence-corrected chi connectivity index (χ2v) is 6.43. The van der Waals surface area contributed by atoms with Crippen LogP contribution in [0.15, 0.2) is 22.7 Å². The number of aryl methyl sites for hydroxylation is 1. The average Bonchev–Trinajstić information content (AvgIpc) is 3.02. The highest BCUT2D eigenvalue weighted by molar-refractivity contribution is 6.30. The zero-order valence-electron chi connectivity index (χ0n) is 13.8. The predicted octanol–water partition coefficient (Wildman–Crippen LogP) is 2.99. The summed E-state index contributed by atoms with van der Waals surface area (Å²) in [7, 11) is 1.59. The van der Waals surface area contributed by atoms with Gasteiger partial charge < -0.3 is 14.2 Å². The maximum Gasteiger partial charge on any atom is 0.231 e. The van der Waals surface area contributed by atoms with Crippen molar-refractivity contribution < 1.29 is 14.1 Å². The number of methoxy groups -OCH3 is 1. The van der Waals surface area contributed by atoms with Crippen LogP contribution >= 0.6 is 11.6 Å². The van der Waals surface area contributed by atoms with Crippen LogP contribution < -0.4 is 4.74 Å². The number of carbonyl (C=O) groups is 1. The molecule has 1 aliphatic heterocycles. The lowest BCUT2D eigenvalue weighted by atomic mass is 9.97. The summed E-state index contributed by atoms with van der Waals surface area (Å²) in [5.41, 5.74) is 0.797. The minimum absolute atomic E-state index is 0.0523. The first-order valence-electron chi connectivity index (χ1n) is 7.97. The van der Waals surface area contributed by atoms with E-state index in [1.54, 1.807) is 32.2 Å². The van der Waals surface area contributed by atoms with Gasteiger partial charge in [0, 0.05) is 23.7 Å². The quantitative estimate of drug-likeness (QED) is 0.848. The van der Waals surface area contributed by atoms with Crippen molar-refractivity contribution >= 4 is 17.5 Å². The fourth-order valence-corrected chi connectivity index (χ4v) is 3.24. The number of rotatable bonds is 4. The zero-order chi connectivity index (χ0) is 17.1. The van der Waals surface area contributed by atoms with E-state index in [-0.39, 0.29) is 18.2 Å². The molecule has 1 fully saturated rings. The predicted molar refractivity (Wildman–Crippen MR) is 89.3 cm³/mol. The van der Waals surface area contributed by atoms with E-state index < -0.39 is 0 Å². The molecule has 1 atom stereocenters. The summed E-state index contributed by atoms with van der Waals surface area (Å²) in [6.45, 7) is 3.14. The van der Waals surface area contributed by atoms with Crippen molar-refractivity contribution in [2.75, 3.05) is 20.2 Å². The number of ether oxygens (including phenoxy) is 1. The van der Waals surface area contributed by atoms with E-state index in [4.69, 9.17) is 20.9 Å². The van der Waals surface area contributed by atoms with E-state index in [0.29, 0.717) is 29.0 Å². The van der Waals surface area contributed by atoms with Crippen molar-refractivity contribution in [3.63, 3.8) is 0 Å². The molecule has 2 heterocycles. The van der Waals surface area contributed by atoms with Gasteiger partial charge in [-0.2, -0.15) is 4.98 Å². The number of amides is 1. The molecule has 1 amide bonds. The number of halogens is 1. The van der Waals surface area contributed by atoms with E-state index in [1.165, 1.54) is 0 Å². The number of nitrogens with zero attached hydrogens (tertiary/aromatic N) is 3. The lowest BCUT2D eigenvalue weighted by Crippen LogP contribution is -2.40. The van der Waals surface area contributed by atoms with Gasteiger partial charge in [-0.25, -0.2) is 0 Å². The Morgan fingerprint density at radius 3 is 3.04 bits per heavy atom. The summed E-state index contributed by atoms with van der Waals surface area (Å²) >= 11 is 6.04. The lowest BCUT2D eigenvalue weighted by Gasteiger charge is -2.31. The van der Waals surface area contributed by atoms with Crippen LogP contribution in [0.4, 0.5) is 0 Å². The molecule has 3 rings (SSSR count). The standard InChI is InChI=1S/C17H20ClN3O3/c1-11-19-17(24-20-11)12-4-3-7-21(10-12)16(22)9-13-8-14(18)5-6-15(13)23-2/h5-6,8,12H,3-4,7,9-10H2,1-2H3/t12-/m0/s1. The average molecular weight is 350 g/mol. The molecular formula is C17H20ClN3O3. The molecule has 1 aromatic carbocycles. The van der Waals surface area contributed by atoms with Gasteiger partial charge in [0.15, 0.2) is 5.82 Å². The fraction of sp³-hybridized carbons (Fsp3) is 0.471. The molecule has 24 heavy (non-hydrogen) atoms. The topological polar surface area (TPSA) is 68.5 Å². The molecule has 2 aromatic rings. The second-order valence-electron chi connectivity index (χ2n) is 5.99. The maximum atomic E-state index is 12.7. The van der Waals surface area contributed by atoms with E-state index in [0.717, 1.165) is 24.9 Å². The molecule has 0 aliphatic carbocycles. The van der Waals surface area contributed by atoms with E-state index in [9.17, 15) is 4.79 Å². The van der Waals surface area contributed by atoms with Gasteiger partial charge in [0.25, 0.3) is 0 Å². The highest BCUT2D eigenvalue weighted by Gasteiger charge is 2.28. The Morgan fingerprint density at radius 2 is 2.33 bits per heavy atom. The maximum absolute atomic E-state index is 12.7. The molecular weight excluding hydrogens is 330 g/mol. The summed E-state index contributed by atoms with van der Waals surface area (Å²) in [5, 5.41) is 4.44.